The summed E-state index contributed by atoms with van der Waals surface area (Å²) in [5.74, 6) is 5.12. The van der Waals surface area contributed by atoms with E-state index in [1.807, 2.05) is 30.3 Å². The summed E-state index contributed by atoms with van der Waals surface area (Å²) < 4.78 is 18.5. The number of hydrogen-bond donors (Lipinski definition) is 2. The maximum atomic E-state index is 13.5. The molecule has 0 heterocycles. The molecular weight excluding hydrogens is 295 g/mol. The lowest BCUT2D eigenvalue weighted by Gasteiger charge is -2.04. The first-order valence-corrected chi connectivity index (χ1v) is 7.11. The molecule has 0 saturated heterocycles. The molecule has 0 fully saturated rings. The number of carbonyl (C=O) groups is 1. The highest BCUT2D eigenvalue weighted by atomic mass is 19.1. The van der Waals surface area contributed by atoms with Crippen molar-refractivity contribution in [3.63, 3.8) is 0 Å². The minimum absolute atomic E-state index is 0.119. The number of nitrogens with one attached hydrogen (secondary N) is 1. The molecule has 0 aliphatic heterocycles. The third-order valence-electron chi connectivity index (χ3n) is 3.04. The molecule has 0 saturated carbocycles. The quantitative estimate of drug-likeness (QED) is 0.853. The first kappa shape index (κ1) is 16.5. The second kappa shape index (κ2) is 8.57. The standard InChI is InChI=1S/C18H17FN2O2/c19-17-11-14(8-9-16(17)12-20)7-4-10-21-18(22)23-13-15-5-2-1-3-6-15/h1-3,5-6,8-9,11H,10,12-13,20H2,(H,21,22). The lowest BCUT2D eigenvalue weighted by molar-refractivity contribution is 0.141. The van der Waals surface area contributed by atoms with Crippen LogP contribution in [-0.4, -0.2) is 12.6 Å². The van der Waals surface area contributed by atoms with E-state index in [2.05, 4.69) is 17.2 Å². The highest BCUT2D eigenvalue weighted by Gasteiger charge is 2.01. The van der Waals surface area contributed by atoms with Gasteiger partial charge in [0.1, 0.15) is 12.4 Å². The monoisotopic (exact) mass is 312 g/mol. The number of ether oxygens (including phenoxy) is 1. The molecule has 2 aromatic carbocycles. The van der Waals surface area contributed by atoms with Crippen LogP contribution in [0.5, 0.6) is 0 Å². The van der Waals surface area contributed by atoms with E-state index in [9.17, 15) is 9.18 Å². The van der Waals surface area contributed by atoms with Crippen LogP contribution in [0.4, 0.5) is 9.18 Å². The maximum absolute atomic E-state index is 13.5. The van der Waals surface area contributed by atoms with Crippen LogP contribution in [0.3, 0.4) is 0 Å². The second-order valence-corrected chi connectivity index (χ2v) is 4.73. The van der Waals surface area contributed by atoms with Gasteiger partial charge in [-0.1, -0.05) is 48.2 Å². The zero-order valence-electron chi connectivity index (χ0n) is 12.5. The molecule has 2 rings (SSSR count). The van der Waals surface area contributed by atoms with Crippen molar-refractivity contribution in [3.05, 3.63) is 71.0 Å². The summed E-state index contributed by atoms with van der Waals surface area (Å²) in [5.41, 5.74) is 7.27. The van der Waals surface area contributed by atoms with Crippen LogP contribution in [0, 0.1) is 17.7 Å². The van der Waals surface area contributed by atoms with E-state index in [-0.39, 0.29) is 25.5 Å². The van der Waals surface area contributed by atoms with Crippen molar-refractivity contribution in [3.8, 4) is 11.8 Å². The van der Waals surface area contributed by atoms with E-state index >= 15 is 0 Å². The number of alkyl carbamates (subject to hydrolysis) is 1. The van der Waals surface area contributed by atoms with Crippen LogP contribution in [0.15, 0.2) is 48.5 Å². The highest BCUT2D eigenvalue weighted by molar-refractivity contribution is 5.67. The first-order valence-electron chi connectivity index (χ1n) is 7.11. The molecule has 0 aliphatic rings. The minimum Gasteiger partial charge on any atom is -0.445 e. The number of rotatable bonds is 4. The van der Waals surface area contributed by atoms with Crippen LogP contribution in [0.2, 0.25) is 0 Å². The lowest BCUT2D eigenvalue weighted by Crippen LogP contribution is -2.24. The largest absolute Gasteiger partial charge is 0.445 e. The van der Waals surface area contributed by atoms with Gasteiger partial charge in [-0.25, -0.2) is 9.18 Å². The van der Waals surface area contributed by atoms with Crippen LogP contribution in [-0.2, 0) is 17.9 Å². The molecule has 0 radical (unpaired) electrons. The maximum Gasteiger partial charge on any atom is 0.408 e. The Balaban J connectivity index is 1.76. The van der Waals surface area contributed by atoms with Gasteiger partial charge in [0, 0.05) is 17.7 Å². The SMILES string of the molecule is NCc1ccc(C#CCNC(=O)OCc2ccccc2)cc1F. The van der Waals surface area contributed by atoms with Gasteiger partial charge in [-0.15, -0.1) is 0 Å². The van der Waals surface area contributed by atoms with Gasteiger partial charge in [-0.05, 0) is 17.7 Å². The molecular formula is C18H17FN2O2. The summed E-state index contributed by atoms with van der Waals surface area (Å²) in [4.78, 5) is 11.5. The predicted molar refractivity (Wildman–Crippen MR) is 85.8 cm³/mol. The Morgan fingerprint density at radius 1 is 1.22 bits per heavy atom. The Labute approximate surface area is 134 Å². The molecule has 0 aliphatic carbocycles. The summed E-state index contributed by atoms with van der Waals surface area (Å²) in [6, 6.07) is 14.0. The second-order valence-electron chi connectivity index (χ2n) is 4.73. The topological polar surface area (TPSA) is 64.3 Å². The fraction of sp³-hybridized carbons (Fsp3) is 0.167. The van der Waals surface area contributed by atoms with Gasteiger partial charge in [0.15, 0.2) is 0 Å². The number of hydrogen-bond acceptors (Lipinski definition) is 3. The van der Waals surface area contributed by atoms with E-state index < -0.39 is 6.09 Å². The Bertz CT molecular complexity index is 721. The third kappa shape index (κ3) is 5.46. The normalized spacial score (nSPS) is 9.65. The van der Waals surface area contributed by atoms with Crippen molar-refractivity contribution in [2.45, 2.75) is 13.2 Å². The van der Waals surface area contributed by atoms with Crippen LogP contribution >= 0.6 is 0 Å². The van der Waals surface area contributed by atoms with Gasteiger partial charge in [0.25, 0.3) is 0 Å². The molecule has 118 valence electrons. The summed E-state index contributed by atoms with van der Waals surface area (Å²) in [7, 11) is 0. The van der Waals surface area contributed by atoms with Crippen molar-refractivity contribution in [1.29, 1.82) is 0 Å². The molecule has 2 aromatic rings. The zero-order chi connectivity index (χ0) is 16.5. The Hall–Kier alpha value is -2.84. The minimum atomic E-state index is -0.548. The van der Waals surface area contributed by atoms with Crippen LogP contribution in [0.25, 0.3) is 0 Å². The van der Waals surface area contributed by atoms with E-state index in [4.69, 9.17) is 10.5 Å². The molecule has 23 heavy (non-hydrogen) atoms. The number of benzene rings is 2. The average Bonchev–Trinajstić information content (AvgIpc) is 2.58. The Kier molecular flexibility index (Phi) is 6.16. The van der Waals surface area contributed by atoms with Gasteiger partial charge in [0.05, 0.1) is 6.54 Å². The van der Waals surface area contributed by atoms with Crippen molar-refractivity contribution in [2.75, 3.05) is 6.54 Å². The van der Waals surface area contributed by atoms with E-state index in [1.165, 1.54) is 6.07 Å². The molecule has 3 N–H and O–H groups in total. The number of nitrogens with two attached hydrogens (primary N) is 1. The van der Waals surface area contributed by atoms with Crippen molar-refractivity contribution < 1.29 is 13.9 Å². The molecule has 0 spiro atoms. The molecule has 4 nitrogen and oxygen atoms in total. The molecule has 5 heteroatoms. The molecule has 0 unspecified atom stereocenters. The smallest absolute Gasteiger partial charge is 0.408 e. The fourth-order valence-corrected chi connectivity index (χ4v) is 1.83. The van der Waals surface area contributed by atoms with Gasteiger partial charge >= 0.3 is 6.09 Å². The lowest BCUT2D eigenvalue weighted by atomic mass is 10.1. The number of amides is 1. The summed E-state index contributed by atoms with van der Waals surface area (Å²) >= 11 is 0. The van der Waals surface area contributed by atoms with E-state index in [0.717, 1.165) is 5.56 Å². The molecule has 1 amide bonds. The third-order valence-corrected chi connectivity index (χ3v) is 3.04. The molecule has 0 bridgehead atoms. The van der Waals surface area contributed by atoms with E-state index in [1.54, 1.807) is 12.1 Å². The average molecular weight is 312 g/mol. The summed E-state index contributed by atoms with van der Waals surface area (Å²) in [5, 5.41) is 2.51. The van der Waals surface area contributed by atoms with Gasteiger partial charge in [-0.2, -0.15) is 0 Å². The summed E-state index contributed by atoms with van der Waals surface area (Å²) in [6.45, 7) is 0.466. The summed E-state index contributed by atoms with van der Waals surface area (Å²) in [6.07, 6.45) is -0.548. The number of carbonyl (C=O) groups excluding carboxylic acids is 1. The Morgan fingerprint density at radius 2 is 2.00 bits per heavy atom. The van der Waals surface area contributed by atoms with Gasteiger partial charge < -0.3 is 15.8 Å². The Morgan fingerprint density at radius 3 is 2.70 bits per heavy atom. The van der Waals surface area contributed by atoms with Crippen LogP contribution in [0.1, 0.15) is 16.7 Å². The van der Waals surface area contributed by atoms with Crippen molar-refractivity contribution >= 4 is 6.09 Å². The number of halogens is 1. The molecule has 0 atom stereocenters. The van der Waals surface area contributed by atoms with Crippen molar-refractivity contribution in [1.82, 2.24) is 5.32 Å². The van der Waals surface area contributed by atoms with Gasteiger partial charge in [0.2, 0.25) is 0 Å². The van der Waals surface area contributed by atoms with Gasteiger partial charge in [-0.3, -0.25) is 0 Å². The zero-order valence-corrected chi connectivity index (χ0v) is 12.5. The highest BCUT2D eigenvalue weighted by Crippen LogP contribution is 2.08. The molecule has 0 aromatic heterocycles. The predicted octanol–water partition coefficient (Wildman–Crippen LogP) is 2.56. The fourth-order valence-electron chi connectivity index (χ4n) is 1.83. The van der Waals surface area contributed by atoms with Crippen molar-refractivity contribution in [2.24, 2.45) is 5.73 Å². The first-order chi connectivity index (χ1) is 11.2. The van der Waals surface area contributed by atoms with E-state index in [0.29, 0.717) is 11.1 Å². The van der Waals surface area contributed by atoms with Crippen LogP contribution < -0.4 is 11.1 Å².